The Morgan fingerprint density at radius 1 is 1.67 bits per heavy atom. The fraction of sp³-hybridized carbons (Fsp3) is 0.222. The third kappa shape index (κ3) is 2.29. The number of hydrogen-bond acceptors (Lipinski definition) is 3. The highest BCUT2D eigenvalue weighted by atomic mass is 32.1. The molecule has 0 saturated carbocycles. The van der Waals surface area contributed by atoms with E-state index in [1.54, 1.807) is 0 Å². The van der Waals surface area contributed by atoms with E-state index < -0.39 is 0 Å². The molecule has 0 fully saturated rings. The van der Waals surface area contributed by atoms with Crippen LogP contribution in [0.25, 0.3) is 6.08 Å². The van der Waals surface area contributed by atoms with E-state index in [-0.39, 0.29) is 0 Å². The van der Waals surface area contributed by atoms with Gasteiger partial charge in [0.2, 0.25) is 0 Å². The molecule has 64 valence electrons. The summed E-state index contributed by atoms with van der Waals surface area (Å²) in [6.45, 7) is 0.828. The van der Waals surface area contributed by atoms with Crippen LogP contribution in [0.4, 0.5) is 0 Å². The van der Waals surface area contributed by atoms with Crippen LogP contribution in [0, 0.1) is 0 Å². The van der Waals surface area contributed by atoms with Crippen molar-refractivity contribution in [2.24, 2.45) is 0 Å². The van der Waals surface area contributed by atoms with Crippen molar-refractivity contribution in [2.45, 2.75) is 0 Å². The molecule has 0 unspecified atom stereocenters. The van der Waals surface area contributed by atoms with Crippen LogP contribution < -0.4 is 5.32 Å². The van der Waals surface area contributed by atoms with Crippen molar-refractivity contribution >= 4 is 23.7 Å². The molecule has 0 amide bonds. The summed E-state index contributed by atoms with van der Waals surface area (Å²) in [5.74, 6) is 0. The smallest absolute Gasteiger partial charge is 0.160 e. The monoisotopic (exact) mass is 181 g/mol. The van der Waals surface area contributed by atoms with Gasteiger partial charge in [-0.3, -0.25) is 4.79 Å². The van der Waals surface area contributed by atoms with Gasteiger partial charge >= 0.3 is 0 Å². The molecule has 0 bridgehead atoms. The number of hydrogen-bond donors (Lipinski definition) is 1. The molecule has 0 spiro atoms. The van der Waals surface area contributed by atoms with Gasteiger partial charge in [-0.05, 0) is 24.1 Å². The number of likely N-dealkylation sites (N-methyl/N-ethyl adjacent to an activating group) is 1. The van der Waals surface area contributed by atoms with E-state index in [9.17, 15) is 4.79 Å². The molecule has 0 atom stereocenters. The number of aldehydes is 1. The fourth-order valence-electron chi connectivity index (χ4n) is 0.868. The van der Waals surface area contributed by atoms with Crippen LogP contribution in [-0.4, -0.2) is 19.9 Å². The van der Waals surface area contributed by atoms with Gasteiger partial charge in [0.1, 0.15) is 0 Å². The summed E-state index contributed by atoms with van der Waals surface area (Å²) in [5.41, 5.74) is 1.00. The lowest BCUT2D eigenvalue weighted by Crippen LogP contribution is -2.03. The van der Waals surface area contributed by atoms with E-state index in [0.717, 1.165) is 23.3 Å². The molecule has 0 aliphatic rings. The number of rotatable bonds is 4. The maximum atomic E-state index is 10.5. The van der Waals surface area contributed by atoms with E-state index >= 15 is 0 Å². The van der Waals surface area contributed by atoms with Crippen LogP contribution in [0.15, 0.2) is 17.5 Å². The first-order valence-electron chi connectivity index (χ1n) is 3.72. The van der Waals surface area contributed by atoms with Gasteiger partial charge in [-0.25, -0.2) is 0 Å². The van der Waals surface area contributed by atoms with Crippen LogP contribution in [0.1, 0.15) is 15.2 Å². The molecule has 0 radical (unpaired) electrons. The largest absolute Gasteiger partial charge is 0.316 e. The van der Waals surface area contributed by atoms with E-state index in [1.807, 2.05) is 30.6 Å². The lowest BCUT2D eigenvalue weighted by atomic mass is 10.2. The summed E-state index contributed by atoms with van der Waals surface area (Å²) in [4.78, 5) is 11.3. The van der Waals surface area contributed by atoms with Gasteiger partial charge in [-0.1, -0.05) is 12.2 Å². The van der Waals surface area contributed by atoms with Crippen molar-refractivity contribution in [1.29, 1.82) is 0 Å². The Hall–Kier alpha value is -0.930. The molecule has 1 heterocycles. The minimum absolute atomic E-state index is 0.794. The molecule has 0 saturated heterocycles. The standard InChI is InChI=1S/C9H11NOS/c1-10-5-2-3-8-4-6-12-9(8)7-11/h2-4,6-7,10H,5H2,1H3. The zero-order valence-corrected chi connectivity index (χ0v) is 7.73. The lowest BCUT2D eigenvalue weighted by molar-refractivity contribution is 0.112. The van der Waals surface area contributed by atoms with Gasteiger partial charge in [0.25, 0.3) is 0 Å². The second-order valence-corrected chi connectivity index (χ2v) is 3.27. The predicted molar refractivity (Wildman–Crippen MR) is 52.7 cm³/mol. The second-order valence-electron chi connectivity index (χ2n) is 2.32. The molecule has 2 nitrogen and oxygen atoms in total. The molecule has 1 aromatic heterocycles. The minimum atomic E-state index is 0.794. The van der Waals surface area contributed by atoms with Crippen LogP contribution >= 0.6 is 11.3 Å². The normalized spacial score (nSPS) is 10.8. The molecule has 0 aliphatic heterocycles. The number of carbonyl (C=O) groups excluding carboxylic acids is 1. The van der Waals surface area contributed by atoms with E-state index in [0.29, 0.717) is 0 Å². The van der Waals surface area contributed by atoms with Crippen LogP contribution in [0.5, 0.6) is 0 Å². The molecule has 1 aromatic rings. The van der Waals surface area contributed by atoms with Crippen LogP contribution in [0.2, 0.25) is 0 Å². The molecule has 0 aliphatic carbocycles. The number of nitrogens with one attached hydrogen (secondary N) is 1. The summed E-state index contributed by atoms with van der Waals surface area (Å²) in [6.07, 6.45) is 4.84. The van der Waals surface area contributed by atoms with E-state index in [2.05, 4.69) is 5.32 Å². The Morgan fingerprint density at radius 3 is 3.17 bits per heavy atom. The first-order chi connectivity index (χ1) is 5.88. The maximum absolute atomic E-state index is 10.5. The molecular formula is C9H11NOS. The highest BCUT2D eigenvalue weighted by Gasteiger charge is 1.97. The first kappa shape index (κ1) is 9.16. The van der Waals surface area contributed by atoms with Crippen molar-refractivity contribution in [3.63, 3.8) is 0 Å². The highest BCUT2D eigenvalue weighted by molar-refractivity contribution is 7.11. The first-order valence-corrected chi connectivity index (χ1v) is 4.60. The third-order valence-electron chi connectivity index (χ3n) is 1.45. The summed E-state index contributed by atoms with van der Waals surface area (Å²) in [5, 5.41) is 4.92. The van der Waals surface area contributed by atoms with Gasteiger partial charge in [-0.2, -0.15) is 0 Å². The predicted octanol–water partition coefficient (Wildman–Crippen LogP) is 1.79. The Labute approximate surface area is 75.9 Å². The Balaban J connectivity index is 2.67. The highest BCUT2D eigenvalue weighted by Crippen LogP contribution is 2.15. The van der Waals surface area contributed by atoms with Gasteiger partial charge in [0.15, 0.2) is 6.29 Å². The van der Waals surface area contributed by atoms with Crippen molar-refractivity contribution in [3.8, 4) is 0 Å². The zero-order chi connectivity index (χ0) is 8.81. The van der Waals surface area contributed by atoms with Crippen LogP contribution in [0.3, 0.4) is 0 Å². The average Bonchev–Trinajstić information content (AvgIpc) is 2.52. The molecule has 1 N–H and O–H groups in total. The van der Waals surface area contributed by atoms with Gasteiger partial charge in [0.05, 0.1) is 4.88 Å². The summed E-state index contributed by atoms with van der Waals surface area (Å²) < 4.78 is 0. The third-order valence-corrected chi connectivity index (χ3v) is 2.31. The maximum Gasteiger partial charge on any atom is 0.160 e. The van der Waals surface area contributed by atoms with Crippen molar-refractivity contribution < 1.29 is 4.79 Å². The lowest BCUT2D eigenvalue weighted by Gasteiger charge is -1.89. The van der Waals surface area contributed by atoms with E-state index in [4.69, 9.17) is 0 Å². The quantitative estimate of drug-likeness (QED) is 0.717. The minimum Gasteiger partial charge on any atom is -0.316 e. The molecule has 12 heavy (non-hydrogen) atoms. The number of thiophene rings is 1. The van der Waals surface area contributed by atoms with Crippen molar-refractivity contribution in [1.82, 2.24) is 5.32 Å². The molecule has 1 rings (SSSR count). The Morgan fingerprint density at radius 2 is 2.50 bits per heavy atom. The van der Waals surface area contributed by atoms with Gasteiger partial charge in [-0.15, -0.1) is 11.3 Å². The molecule has 3 heteroatoms. The Bertz CT molecular complexity index is 278. The topological polar surface area (TPSA) is 29.1 Å². The summed E-state index contributed by atoms with van der Waals surface area (Å²) >= 11 is 1.47. The second kappa shape index (κ2) is 4.85. The van der Waals surface area contributed by atoms with Gasteiger partial charge < -0.3 is 5.32 Å². The van der Waals surface area contributed by atoms with Crippen molar-refractivity contribution in [2.75, 3.05) is 13.6 Å². The van der Waals surface area contributed by atoms with Crippen molar-refractivity contribution in [3.05, 3.63) is 28.0 Å². The summed E-state index contributed by atoms with van der Waals surface area (Å²) in [7, 11) is 1.89. The van der Waals surface area contributed by atoms with Crippen LogP contribution in [-0.2, 0) is 0 Å². The Kier molecular flexibility index (Phi) is 3.70. The van der Waals surface area contributed by atoms with E-state index in [1.165, 1.54) is 11.3 Å². The fourth-order valence-corrected chi connectivity index (χ4v) is 1.56. The molecule has 0 aromatic carbocycles. The number of carbonyl (C=O) groups is 1. The average molecular weight is 181 g/mol. The van der Waals surface area contributed by atoms with Gasteiger partial charge in [0, 0.05) is 6.54 Å². The summed E-state index contributed by atoms with van der Waals surface area (Å²) in [6, 6.07) is 1.94. The SMILES string of the molecule is CNCC=Cc1ccsc1C=O. The molecular weight excluding hydrogens is 170 g/mol. The zero-order valence-electron chi connectivity index (χ0n) is 6.91.